The Morgan fingerprint density at radius 1 is 1.07 bits per heavy atom. The number of halogens is 3. The van der Waals surface area contributed by atoms with E-state index in [-0.39, 0.29) is 6.10 Å². The highest BCUT2D eigenvalue weighted by Gasteiger charge is 2.33. The van der Waals surface area contributed by atoms with Gasteiger partial charge in [-0.1, -0.05) is 17.9 Å². The van der Waals surface area contributed by atoms with Crippen LogP contribution in [0.25, 0.3) is 0 Å². The third-order valence-corrected chi connectivity index (χ3v) is 5.21. The third kappa shape index (κ3) is 6.09. The van der Waals surface area contributed by atoms with Crippen LogP contribution in [0.4, 0.5) is 19.0 Å². The van der Waals surface area contributed by atoms with E-state index < -0.39 is 11.9 Å². The Morgan fingerprint density at radius 3 is 2.46 bits per heavy atom. The molecule has 0 unspecified atom stereocenters. The topological polar surface area (TPSA) is 31.8 Å². The van der Waals surface area contributed by atoms with E-state index in [0.29, 0.717) is 25.5 Å². The molecule has 3 rings (SSSR count). The summed E-state index contributed by atoms with van der Waals surface area (Å²) < 4.78 is 44.3. The second-order valence-corrected chi connectivity index (χ2v) is 7.31. The smallest absolute Gasteiger partial charge is 0.365 e. The average molecular weight is 396 g/mol. The van der Waals surface area contributed by atoms with Gasteiger partial charge in [0.15, 0.2) is 0 Å². The Balaban J connectivity index is 1.37. The van der Waals surface area contributed by atoms with E-state index in [4.69, 9.17) is 4.74 Å². The monoisotopic (exact) mass is 396 g/mol. The number of ether oxygens (including phenoxy) is 1. The van der Waals surface area contributed by atoms with Gasteiger partial charge in [-0.3, -0.25) is 4.90 Å². The quantitative estimate of drug-likeness (QED) is 0.730. The maximum absolute atomic E-state index is 12.8. The lowest BCUT2D eigenvalue weighted by Gasteiger charge is -2.32. The highest BCUT2D eigenvalue weighted by atomic mass is 19.4. The van der Waals surface area contributed by atoms with E-state index in [1.807, 2.05) is 4.90 Å². The van der Waals surface area contributed by atoms with E-state index in [1.54, 1.807) is 6.07 Å². The van der Waals surface area contributed by atoms with Crippen molar-refractivity contribution in [3.05, 3.63) is 23.9 Å². The molecule has 1 aromatic rings. The minimum Gasteiger partial charge on any atom is -0.365 e. The fraction of sp³-hybridized carbons (Fsp3) is 0.650. The van der Waals surface area contributed by atoms with Crippen molar-refractivity contribution in [1.29, 1.82) is 0 Å². The molecule has 0 spiro atoms. The second kappa shape index (κ2) is 9.59. The highest BCUT2D eigenvalue weighted by Crippen LogP contribution is 2.29. The zero-order valence-corrected chi connectivity index (χ0v) is 16.2. The number of piperidine rings is 1. The molecule has 1 aromatic heterocycles. The number of pyridine rings is 1. The van der Waals surface area contributed by atoms with Gasteiger partial charge in [-0.2, -0.15) is 13.2 Å². The summed E-state index contributed by atoms with van der Waals surface area (Å²) in [6.45, 7) is 6.70. The van der Waals surface area contributed by atoms with Crippen LogP contribution in [0, 0.1) is 11.8 Å². The molecule has 0 aromatic carbocycles. The van der Waals surface area contributed by atoms with Crippen molar-refractivity contribution in [1.82, 2.24) is 14.8 Å². The summed E-state index contributed by atoms with van der Waals surface area (Å²) in [5.41, 5.74) is -0.848. The number of likely N-dealkylation sites (N-methyl/N-ethyl adjacent to an activating group) is 1. The van der Waals surface area contributed by atoms with Crippen molar-refractivity contribution in [2.24, 2.45) is 0 Å². The summed E-state index contributed by atoms with van der Waals surface area (Å²) in [4.78, 5) is 10.3. The molecule has 0 radical (unpaired) electrons. The van der Waals surface area contributed by atoms with Gasteiger partial charge in [-0.25, -0.2) is 4.98 Å². The van der Waals surface area contributed by atoms with E-state index in [2.05, 4.69) is 33.7 Å². The van der Waals surface area contributed by atoms with Crippen molar-refractivity contribution in [2.75, 3.05) is 64.4 Å². The number of nitrogens with zero attached hydrogens (tertiary/aromatic N) is 4. The van der Waals surface area contributed by atoms with E-state index in [0.717, 1.165) is 51.6 Å². The van der Waals surface area contributed by atoms with Gasteiger partial charge in [-0.05, 0) is 32.0 Å². The van der Waals surface area contributed by atoms with Crippen LogP contribution < -0.4 is 4.90 Å². The van der Waals surface area contributed by atoms with Crippen LogP contribution in [0.5, 0.6) is 0 Å². The number of hydrogen-bond acceptors (Lipinski definition) is 5. The van der Waals surface area contributed by atoms with Crippen molar-refractivity contribution >= 4 is 5.82 Å². The average Bonchev–Trinajstić information content (AvgIpc) is 2.69. The molecule has 0 N–H and O–H groups in total. The molecule has 3 heterocycles. The molecule has 0 atom stereocenters. The Kier molecular flexibility index (Phi) is 7.16. The second-order valence-electron chi connectivity index (χ2n) is 7.31. The molecule has 0 bridgehead atoms. The molecule has 0 saturated carbocycles. The lowest BCUT2D eigenvalue weighted by Crippen LogP contribution is -2.44. The SMILES string of the molecule is CN1CCN(CC#CCOC2CCN(c3cccc(C(F)(F)F)n3)CC2)CC1. The van der Waals surface area contributed by atoms with Crippen molar-refractivity contribution < 1.29 is 17.9 Å². The zero-order chi connectivity index (χ0) is 20.0. The van der Waals surface area contributed by atoms with Gasteiger partial charge in [0.1, 0.15) is 18.1 Å². The van der Waals surface area contributed by atoms with Crippen LogP contribution in [0.2, 0.25) is 0 Å². The van der Waals surface area contributed by atoms with Gasteiger partial charge < -0.3 is 14.5 Å². The predicted octanol–water partition coefficient (Wildman–Crippen LogP) is 2.34. The molecule has 154 valence electrons. The minimum absolute atomic E-state index is 0.0972. The number of aromatic nitrogens is 1. The standard InChI is InChI=1S/C20H27F3N4O/c1-25-12-14-26(15-13-25)9-2-3-16-28-17-7-10-27(11-8-17)19-6-4-5-18(24-19)20(21,22)23/h4-6,17H,7-16H2,1H3. The summed E-state index contributed by atoms with van der Waals surface area (Å²) in [6, 6.07) is 4.03. The molecule has 2 saturated heterocycles. The minimum atomic E-state index is -4.42. The van der Waals surface area contributed by atoms with Crippen LogP contribution in [0.3, 0.4) is 0 Å². The fourth-order valence-electron chi connectivity index (χ4n) is 3.39. The van der Waals surface area contributed by atoms with Gasteiger partial charge in [0.05, 0.1) is 12.6 Å². The summed E-state index contributed by atoms with van der Waals surface area (Å²) in [5.74, 6) is 6.62. The van der Waals surface area contributed by atoms with Crippen molar-refractivity contribution in [2.45, 2.75) is 25.1 Å². The van der Waals surface area contributed by atoms with Gasteiger partial charge >= 0.3 is 6.18 Å². The molecule has 0 aliphatic carbocycles. The Labute approximate surface area is 164 Å². The van der Waals surface area contributed by atoms with Crippen molar-refractivity contribution in [3.63, 3.8) is 0 Å². The molecule has 28 heavy (non-hydrogen) atoms. The summed E-state index contributed by atoms with van der Waals surface area (Å²) in [7, 11) is 2.13. The number of rotatable bonds is 4. The van der Waals surface area contributed by atoms with E-state index >= 15 is 0 Å². The largest absolute Gasteiger partial charge is 0.433 e. The van der Waals surface area contributed by atoms with E-state index in [9.17, 15) is 13.2 Å². The van der Waals surface area contributed by atoms with Gasteiger partial charge in [0.2, 0.25) is 0 Å². The maximum atomic E-state index is 12.8. The van der Waals surface area contributed by atoms with Gasteiger partial charge in [0, 0.05) is 39.3 Å². The van der Waals surface area contributed by atoms with Gasteiger partial charge in [0.25, 0.3) is 0 Å². The Morgan fingerprint density at radius 2 is 1.79 bits per heavy atom. The van der Waals surface area contributed by atoms with Gasteiger partial charge in [-0.15, -0.1) is 0 Å². The normalized spacial score (nSPS) is 20.1. The molecule has 2 fully saturated rings. The molecule has 2 aliphatic heterocycles. The van der Waals surface area contributed by atoms with Crippen LogP contribution in [0.15, 0.2) is 18.2 Å². The Bertz CT molecular complexity index is 685. The summed E-state index contributed by atoms with van der Waals surface area (Å²) in [5, 5.41) is 0. The zero-order valence-electron chi connectivity index (χ0n) is 16.2. The predicted molar refractivity (Wildman–Crippen MR) is 102 cm³/mol. The molecule has 2 aliphatic rings. The Hall–Kier alpha value is -1.82. The van der Waals surface area contributed by atoms with Crippen LogP contribution >= 0.6 is 0 Å². The van der Waals surface area contributed by atoms with E-state index in [1.165, 1.54) is 6.07 Å². The highest BCUT2D eigenvalue weighted by molar-refractivity contribution is 5.40. The van der Waals surface area contributed by atoms with Crippen LogP contribution in [-0.4, -0.2) is 80.4 Å². The first-order valence-corrected chi connectivity index (χ1v) is 9.69. The summed E-state index contributed by atoms with van der Waals surface area (Å²) in [6.07, 6.45) is -2.80. The van der Waals surface area contributed by atoms with Crippen LogP contribution in [0.1, 0.15) is 18.5 Å². The lowest BCUT2D eigenvalue weighted by atomic mass is 10.1. The molecule has 0 amide bonds. The molecule has 5 nitrogen and oxygen atoms in total. The molecular weight excluding hydrogens is 369 g/mol. The molecular formula is C20H27F3N4O. The number of piperazine rings is 1. The number of alkyl halides is 3. The van der Waals surface area contributed by atoms with Crippen LogP contribution in [-0.2, 0) is 10.9 Å². The maximum Gasteiger partial charge on any atom is 0.433 e. The first kappa shape index (κ1) is 20.9. The lowest BCUT2D eigenvalue weighted by molar-refractivity contribution is -0.141. The number of hydrogen-bond donors (Lipinski definition) is 0. The molecule has 8 heteroatoms. The first-order chi connectivity index (χ1) is 13.4. The third-order valence-electron chi connectivity index (χ3n) is 5.21. The summed E-state index contributed by atoms with van der Waals surface area (Å²) >= 11 is 0. The van der Waals surface area contributed by atoms with Crippen molar-refractivity contribution in [3.8, 4) is 11.8 Å². The number of anilines is 1. The fourth-order valence-corrected chi connectivity index (χ4v) is 3.39. The first-order valence-electron chi connectivity index (χ1n) is 9.69.